The molecule has 21 heavy (non-hydrogen) atoms. The van der Waals surface area contributed by atoms with E-state index in [-0.39, 0.29) is 5.41 Å². The molecule has 0 radical (unpaired) electrons. The van der Waals surface area contributed by atoms with Crippen LogP contribution in [-0.4, -0.2) is 5.71 Å². The number of hydrogen-bond acceptors (Lipinski definition) is 1. The molecule has 0 N–H and O–H groups in total. The lowest BCUT2D eigenvalue weighted by Crippen LogP contribution is -2.46. The van der Waals surface area contributed by atoms with Gasteiger partial charge in [0.1, 0.15) is 0 Å². The van der Waals surface area contributed by atoms with Crippen molar-refractivity contribution in [1.82, 2.24) is 0 Å². The first-order chi connectivity index (χ1) is 10.0. The Hall–Kier alpha value is -1.11. The van der Waals surface area contributed by atoms with Crippen molar-refractivity contribution in [1.29, 1.82) is 0 Å². The monoisotopic (exact) mass is 281 g/mol. The molecule has 2 atom stereocenters. The Morgan fingerprint density at radius 1 is 1.10 bits per heavy atom. The molecule has 0 saturated heterocycles. The molecule has 4 rings (SSSR count). The topological polar surface area (TPSA) is 12.4 Å². The second kappa shape index (κ2) is 4.44. The Bertz CT molecular complexity index is 603. The lowest BCUT2D eigenvalue weighted by Gasteiger charge is -2.46. The summed E-state index contributed by atoms with van der Waals surface area (Å²) in [5.74, 6) is 0.857. The molecule has 1 heterocycles. The maximum atomic E-state index is 5.09. The van der Waals surface area contributed by atoms with Crippen molar-refractivity contribution in [2.24, 2.45) is 10.9 Å². The van der Waals surface area contributed by atoms with Crippen LogP contribution in [-0.2, 0) is 10.8 Å². The van der Waals surface area contributed by atoms with E-state index < -0.39 is 0 Å². The Balaban J connectivity index is 1.88. The zero-order chi connectivity index (χ0) is 14.7. The summed E-state index contributed by atoms with van der Waals surface area (Å²) in [6.45, 7) is 6.97. The van der Waals surface area contributed by atoms with Crippen LogP contribution < -0.4 is 0 Å². The Kier molecular flexibility index (Phi) is 2.87. The highest BCUT2D eigenvalue weighted by molar-refractivity contribution is 6.02. The van der Waals surface area contributed by atoms with E-state index in [1.54, 1.807) is 5.56 Å². The van der Waals surface area contributed by atoms with Gasteiger partial charge in [0.2, 0.25) is 0 Å². The van der Waals surface area contributed by atoms with Gasteiger partial charge in [0.05, 0.1) is 5.69 Å². The molecule has 0 aromatic heterocycles. The van der Waals surface area contributed by atoms with E-state index in [2.05, 4.69) is 39.0 Å². The average molecular weight is 281 g/mol. The standard InChI is InChI=1S/C20H27N/c1-19(2,3)15-10-11-17-16(13-15)20-12-5-4-7-14(20)8-6-9-18(20)21-17/h10-11,13-14H,4-9,12H2,1-3H3/t14-,20-/m0/s1. The van der Waals surface area contributed by atoms with E-state index in [1.807, 2.05) is 0 Å². The molecule has 1 aliphatic heterocycles. The van der Waals surface area contributed by atoms with E-state index in [0.29, 0.717) is 5.41 Å². The molecule has 1 spiro atoms. The molecule has 2 fully saturated rings. The van der Waals surface area contributed by atoms with Crippen LogP contribution in [0.4, 0.5) is 5.69 Å². The number of hydrogen-bond donors (Lipinski definition) is 0. The summed E-state index contributed by atoms with van der Waals surface area (Å²) >= 11 is 0. The molecule has 1 aromatic carbocycles. The van der Waals surface area contributed by atoms with E-state index >= 15 is 0 Å². The summed E-state index contributed by atoms with van der Waals surface area (Å²) in [5.41, 5.74) is 6.42. The minimum absolute atomic E-state index is 0.229. The highest BCUT2D eigenvalue weighted by Crippen LogP contribution is 2.56. The van der Waals surface area contributed by atoms with Crippen molar-refractivity contribution >= 4 is 11.4 Å². The van der Waals surface area contributed by atoms with E-state index in [1.165, 1.54) is 61.9 Å². The van der Waals surface area contributed by atoms with Crippen LogP contribution in [0.1, 0.15) is 76.8 Å². The molecule has 2 saturated carbocycles. The lowest BCUT2D eigenvalue weighted by atomic mass is 9.56. The number of fused-ring (bicyclic) bond motifs is 1. The van der Waals surface area contributed by atoms with Gasteiger partial charge < -0.3 is 0 Å². The third kappa shape index (κ3) is 1.86. The summed E-state index contributed by atoms with van der Waals surface area (Å²) < 4.78 is 0. The van der Waals surface area contributed by atoms with Gasteiger partial charge >= 0.3 is 0 Å². The molecule has 1 aromatic rings. The van der Waals surface area contributed by atoms with Gasteiger partial charge in [-0.3, -0.25) is 4.99 Å². The largest absolute Gasteiger partial charge is 0.257 e. The lowest BCUT2D eigenvalue weighted by molar-refractivity contribution is 0.221. The Morgan fingerprint density at radius 3 is 2.71 bits per heavy atom. The SMILES string of the molecule is CC(C)(C)c1ccc2c(c1)[C@]13CCCC[C@H]1CCCC3=N2. The number of benzene rings is 1. The van der Waals surface area contributed by atoms with E-state index in [4.69, 9.17) is 4.99 Å². The maximum absolute atomic E-state index is 5.09. The van der Waals surface area contributed by atoms with Crippen molar-refractivity contribution < 1.29 is 0 Å². The molecule has 112 valence electrons. The summed E-state index contributed by atoms with van der Waals surface area (Å²) in [6.07, 6.45) is 9.57. The van der Waals surface area contributed by atoms with Gasteiger partial charge in [-0.2, -0.15) is 0 Å². The molecule has 0 bridgehead atoms. The molecule has 1 nitrogen and oxygen atoms in total. The van der Waals surface area contributed by atoms with Crippen molar-refractivity contribution in [3.63, 3.8) is 0 Å². The fourth-order valence-electron chi connectivity index (χ4n) is 5.02. The molecule has 1 heteroatoms. The molecular weight excluding hydrogens is 254 g/mol. The molecule has 0 amide bonds. The van der Waals surface area contributed by atoms with Crippen LogP contribution in [0.3, 0.4) is 0 Å². The van der Waals surface area contributed by atoms with Gasteiger partial charge in [0.25, 0.3) is 0 Å². The summed E-state index contributed by atoms with van der Waals surface area (Å²) in [5, 5.41) is 0. The smallest absolute Gasteiger partial charge is 0.0671 e. The number of nitrogens with zero attached hydrogens (tertiary/aromatic N) is 1. The maximum Gasteiger partial charge on any atom is 0.0671 e. The predicted molar refractivity (Wildman–Crippen MR) is 89.7 cm³/mol. The van der Waals surface area contributed by atoms with Crippen LogP contribution in [0.2, 0.25) is 0 Å². The third-order valence-electron chi connectivity index (χ3n) is 6.15. The van der Waals surface area contributed by atoms with Crippen LogP contribution in [0, 0.1) is 5.92 Å². The first-order valence-corrected chi connectivity index (χ1v) is 8.75. The first-order valence-electron chi connectivity index (χ1n) is 8.75. The van der Waals surface area contributed by atoms with Gasteiger partial charge in [-0.25, -0.2) is 0 Å². The molecule has 2 aliphatic carbocycles. The number of rotatable bonds is 0. The Labute approximate surface area is 128 Å². The van der Waals surface area contributed by atoms with Crippen LogP contribution in [0.25, 0.3) is 0 Å². The highest BCUT2D eigenvalue weighted by atomic mass is 14.8. The zero-order valence-corrected chi connectivity index (χ0v) is 13.7. The van der Waals surface area contributed by atoms with Gasteiger partial charge in [0.15, 0.2) is 0 Å². The normalized spacial score (nSPS) is 31.2. The van der Waals surface area contributed by atoms with Crippen LogP contribution in [0.5, 0.6) is 0 Å². The van der Waals surface area contributed by atoms with Crippen molar-refractivity contribution in [3.05, 3.63) is 29.3 Å². The minimum Gasteiger partial charge on any atom is -0.257 e. The second-order valence-corrected chi connectivity index (χ2v) is 8.35. The van der Waals surface area contributed by atoms with E-state index in [0.717, 1.165) is 5.92 Å². The van der Waals surface area contributed by atoms with Crippen LogP contribution in [0.15, 0.2) is 23.2 Å². The van der Waals surface area contributed by atoms with Crippen molar-refractivity contribution in [2.75, 3.05) is 0 Å². The summed E-state index contributed by atoms with van der Waals surface area (Å²) in [7, 11) is 0. The predicted octanol–water partition coefficient (Wildman–Crippen LogP) is 5.68. The van der Waals surface area contributed by atoms with Crippen molar-refractivity contribution in [2.45, 2.75) is 76.5 Å². The minimum atomic E-state index is 0.229. The fraction of sp³-hybridized carbons (Fsp3) is 0.650. The quantitative estimate of drug-likeness (QED) is 0.580. The third-order valence-corrected chi connectivity index (χ3v) is 6.15. The summed E-state index contributed by atoms with van der Waals surface area (Å²) in [6, 6.07) is 7.10. The van der Waals surface area contributed by atoms with Crippen LogP contribution >= 0.6 is 0 Å². The van der Waals surface area contributed by atoms with E-state index in [9.17, 15) is 0 Å². The molecule has 0 unspecified atom stereocenters. The average Bonchev–Trinajstić information content (AvgIpc) is 2.78. The highest BCUT2D eigenvalue weighted by Gasteiger charge is 2.51. The first kappa shape index (κ1) is 13.5. The van der Waals surface area contributed by atoms with Gasteiger partial charge in [-0.1, -0.05) is 45.7 Å². The van der Waals surface area contributed by atoms with Crippen molar-refractivity contribution in [3.8, 4) is 0 Å². The second-order valence-electron chi connectivity index (χ2n) is 8.35. The fourth-order valence-corrected chi connectivity index (χ4v) is 5.02. The van der Waals surface area contributed by atoms with Gasteiger partial charge in [-0.05, 0) is 60.6 Å². The number of aliphatic imine (C=N–C) groups is 1. The zero-order valence-electron chi connectivity index (χ0n) is 13.7. The van der Waals surface area contributed by atoms with Gasteiger partial charge in [-0.15, -0.1) is 0 Å². The van der Waals surface area contributed by atoms with Gasteiger partial charge in [0, 0.05) is 11.1 Å². The summed E-state index contributed by atoms with van der Waals surface area (Å²) in [4.78, 5) is 5.09. The molecule has 3 aliphatic rings. The molecular formula is C20H27N. The Morgan fingerprint density at radius 2 is 1.90 bits per heavy atom.